The SMILES string of the molecule is CCCOC(=O)/C(N)=C/c1ccc(OC)cc1. The highest BCUT2D eigenvalue weighted by Crippen LogP contribution is 2.13. The van der Waals surface area contributed by atoms with Crippen LogP contribution in [0.15, 0.2) is 30.0 Å². The van der Waals surface area contributed by atoms with E-state index in [0.29, 0.717) is 6.61 Å². The summed E-state index contributed by atoms with van der Waals surface area (Å²) in [4.78, 5) is 11.4. The van der Waals surface area contributed by atoms with E-state index in [4.69, 9.17) is 15.2 Å². The maximum Gasteiger partial charge on any atom is 0.354 e. The van der Waals surface area contributed by atoms with Crippen LogP contribution in [0, 0.1) is 0 Å². The van der Waals surface area contributed by atoms with Gasteiger partial charge in [0.05, 0.1) is 13.7 Å². The molecule has 4 heteroatoms. The Balaban J connectivity index is 2.69. The first-order valence-electron chi connectivity index (χ1n) is 5.45. The Hall–Kier alpha value is -1.97. The number of esters is 1. The van der Waals surface area contributed by atoms with Crippen LogP contribution < -0.4 is 10.5 Å². The fraction of sp³-hybridized carbons (Fsp3) is 0.308. The molecular weight excluding hydrogens is 218 g/mol. The maximum atomic E-state index is 11.4. The molecule has 0 aliphatic heterocycles. The van der Waals surface area contributed by atoms with E-state index in [-0.39, 0.29) is 5.70 Å². The minimum absolute atomic E-state index is 0.101. The van der Waals surface area contributed by atoms with Crippen molar-refractivity contribution in [3.05, 3.63) is 35.5 Å². The van der Waals surface area contributed by atoms with E-state index >= 15 is 0 Å². The number of hydrogen-bond donors (Lipinski definition) is 1. The van der Waals surface area contributed by atoms with Crippen molar-refractivity contribution < 1.29 is 14.3 Å². The third kappa shape index (κ3) is 4.18. The lowest BCUT2D eigenvalue weighted by Crippen LogP contribution is -2.14. The van der Waals surface area contributed by atoms with Crippen LogP contribution in [0.3, 0.4) is 0 Å². The zero-order valence-electron chi connectivity index (χ0n) is 10.1. The van der Waals surface area contributed by atoms with E-state index in [1.807, 2.05) is 19.1 Å². The number of nitrogens with two attached hydrogens (primary N) is 1. The van der Waals surface area contributed by atoms with E-state index < -0.39 is 5.97 Å². The Kier molecular flexibility index (Phi) is 5.07. The highest BCUT2D eigenvalue weighted by molar-refractivity contribution is 5.92. The van der Waals surface area contributed by atoms with Crippen LogP contribution in [-0.4, -0.2) is 19.7 Å². The van der Waals surface area contributed by atoms with Crippen molar-refractivity contribution in [2.45, 2.75) is 13.3 Å². The molecular formula is C13H17NO3. The summed E-state index contributed by atoms with van der Waals surface area (Å²) in [5, 5.41) is 0. The molecule has 4 nitrogen and oxygen atoms in total. The van der Waals surface area contributed by atoms with Crippen LogP contribution in [0.2, 0.25) is 0 Å². The molecule has 0 fully saturated rings. The fourth-order valence-corrected chi connectivity index (χ4v) is 1.22. The lowest BCUT2D eigenvalue weighted by atomic mass is 10.2. The molecule has 0 spiro atoms. The number of carbonyl (C=O) groups is 1. The van der Waals surface area contributed by atoms with Crippen LogP contribution in [0.5, 0.6) is 5.75 Å². The third-order valence-corrected chi connectivity index (χ3v) is 2.11. The lowest BCUT2D eigenvalue weighted by Gasteiger charge is -2.03. The van der Waals surface area contributed by atoms with Crippen molar-refractivity contribution in [2.24, 2.45) is 5.73 Å². The molecule has 0 saturated carbocycles. The second-order valence-electron chi connectivity index (χ2n) is 3.51. The van der Waals surface area contributed by atoms with Gasteiger partial charge in [-0.05, 0) is 30.2 Å². The van der Waals surface area contributed by atoms with E-state index in [1.165, 1.54) is 0 Å². The Labute approximate surface area is 101 Å². The standard InChI is InChI=1S/C13H17NO3/c1-3-8-17-13(15)12(14)9-10-4-6-11(16-2)7-5-10/h4-7,9H,3,8,14H2,1-2H3/b12-9-. The molecule has 0 bridgehead atoms. The van der Waals surface area contributed by atoms with Crippen LogP contribution in [0.4, 0.5) is 0 Å². The first-order valence-corrected chi connectivity index (χ1v) is 5.45. The second kappa shape index (κ2) is 6.58. The molecule has 0 amide bonds. The van der Waals surface area contributed by atoms with Gasteiger partial charge >= 0.3 is 5.97 Å². The zero-order chi connectivity index (χ0) is 12.7. The highest BCUT2D eigenvalue weighted by atomic mass is 16.5. The van der Waals surface area contributed by atoms with Gasteiger partial charge in [0, 0.05) is 0 Å². The van der Waals surface area contributed by atoms with Crippen molar-refractivity contribution in [2.75, 3.05) is 13.7 Å². The summed E-state index contributed by atoms with van der Waals surface area (Å²) >= 11 is 0. The molecule has 0 atom stereocenters. The Bertz CT molecular complexity index is 396. The summed E-state index contributed by atoms with van der Waals surface area (Å²) in [7, 11) is 1.60. The van der Waals surface area contributed by atoms with Crippen LogP contribution in [0.1, 0.15) is 18.9 Å². The molecule has 17 heavy (non-hydrogen) atoms. The van der Waals surface area contributed by atoms with Crippen LogP contribution >= 0.6 is 0 Å². The van der Waals surface area contributed by atoms with Gasteiger partial charge in [-0.3, -0.25) is 0 Å². The van der Waals surface area contributed by atoms with E-state index in [0.717, 1.165) is 17.7 Å². The molecule has 0 aliphatic rings. The first kappa shape index (κ1) is 13.1. The number of benzene rings is 1. The first-order chi connectivity index (χ1) is 8.17. The molecule has 0 heterocycles. The maximum absolute atomic E-state index is 11.4. The van der Waals surface area contributed by atoms with Gasteiger partial charge in [0.2, 0.25) is 0 Å². The Morgan fingerprint density at radius 3 is 2.53 bits per heavy atom. The summed E-state index contributed by atoms with van der Waals surface area (Å²) in [6.07, 6.45) is 2.36. The molecule has 1 aromatic rings. The molecule has 2 N–H and O–H groups in total. The van der Waals surface area contributed by atoms with Gasteiger partial charge in [0.15, 0.2) is 0 Å². The van der Waals surface area contributed by atoms with Gasteiger partial charge in [-0.25, -0.2) is 4.79 Å². The zero-order valence-corrected chi connectivity index (χ0v) is 10.1. The Morgan fingerprint density at radius 2 is 2.00 bits per heavy atom. The van der Waals surface area contributed by atoms with E-state index in [2.05, 4.69) is 0 Å². The average Bonchev–Trinajstić information content (AvgIpc) is 2.36. The molecule has 1 aromatic carbocycles. The fourth-order valence-electron chi connectivity index (χ4n) is 1.22. The van der Waals surface area contributed by atoms with Crippen molar-refractivity contribution in [1.29, 1.82) is 0 Å². The molecule has 0 saturated heterocycles. The highest BCUT2D eigenvalue weighted by Gasteiger charge is 2.05. The molecule has 0 radical (unpaired) electrons. The van der Waals surface area contributed by atoms with Gasteiger partial charge in [-0.2, -0.15) is 0 Å². The van der Waals surface area contributed by atoms with Crippen molar-refractivity contribution >= 4 is 12.0 Å². The van der Waals surface area contributed by atoms with Gasteiger partial charge in [-0.15, -0.1) is 0 Å². The van der Waals surface area contributed by atoms with E-state index in [9.17, 15) is 4.79 Å². The minimum Gasteiger partial charge on any atom is -0.497 e. The van der Waals surface area contributed by atoms with Crippen LogP contribution in [0.25, 0.3) is 6.08 Å². The van der Waals surface area contributed by atoms with Crippen molar-refractivity contribution in [3.8, 4) is 5.75 Å². The molecule has 92 valence electrons. The predicted octanol–water partition coefficient (Wildman–Crippen LogP) is 1.95. The molecule has 0 unspecified atom stereocenters. The summed E-state index contributed by atoms with van der Waals surface area (Å²) in [6.45, 7) is 2.31. The minimum atomic E-state index is -0.484. The average molecular weight is 235 g/mol. The molecule has 0 aromatic heterocycles. The number of methoxy groups -OCH3 is 1. The second-order valence-corrected chi connectivity index (χ2v) is 3.51. The van der Waals surface area contributed by atoms with Crippen molar-refractivity contribution in [3.63, 3.8) is 0 Å². The smallest absolute Gasteiger partial charge is 0.354 e. The molecule has 0 aliphatic carbocycles. The van der Waals surface area contributed by atoms with Crippen LogP contribution in [-0.2, 0) is 9.53 Å². The third-order valence-electron chi connectivity index (χ3n) is 2.11. The van der Waals surface area contributed by atoms with Gasteiger partial charge in [0.1, 0.15) is 11.4 Å². The number of ether oxygens (including phenoxy) is 2. The van der Waals surface area contributed by atoms with E-state index in [1.54, 1.807) is 25.3 Å². The van der Waals surface area contributed by atoms with Gasteiger partial charge < -0.3 is 15.2 Å². The lowest BCUT2D eigenvalue weighted by molar-refractivity contribution is -0.139. The summed E-state index contributed by atoms with van der Waals surface area (Å²) in [5.74, 6) is 0.275. The number of rotatable bonds is 5. The van der Waals surface area contributed by atoms with Gasteiger partial charge in [0.25, 0.3) is 0 Å². The summed E-state index contributed by atoms with van der Waals surface area (Å²) < 4.78 is 9.94. The normalized spacial score (nSPS) is 11.1. The largest absolute Gasteiger partial charge is 0.497 e. The predicted molar refractivity (Wildman–Crippen MR) is 66.4 cm³/mol. The summed E-state index contributed by atoms with van der Waals surface area (Å²) in [5.41, 5.74) is 6.55. The molecule has 1 rings (SSSR count). The van der Waals surface area contributed by atoms with Gasteiger partial charge in [-0.1, -0.05) is 19.1 Å². The topological polar surface area (TPSA) is 61.5 Å². The number of hydrogen-bond acceptors (Lipinski definition) is 4. The Morgan fingerprint density at radius 1 is 1.35 bits per heavy atom. The number of carbonyl (C=O) groups excluding carboxylic acids is 1. The monoisotopic (exact) mass is 235 g/mol. The van der Waals surface area contributed by atoms with Crippen molar-refractivity contribution in [1.82, 2.24) is 0 Å². The summed E-state index contributed by atoms with van der Waals surface area (Å²) in [6, 6.07) is 7.24. The quantitative estimate of drug-likeness (QED) is 0.626.